The molecule has 2 rings (SSSR count). The van der Waals surface area contributed by atoms with Gasteiger partial charge in [0.1, 0.15) is 10.7 Å². The number of carbonyl (C=O) groups excluding carboxylic acids is 1. The second-order valence-corrected chi connectivity index (χ2v) is 7.08. The molecule has 118 valence electrons. The van der Waals surface area contributed by atoms with Crippen LogP contribution < -0.4 is 11.1 Å². The first kappa shape index (κ1) is 17.3. The van der Waals surface area contributed by atoms with Gasteiger partial charge in [-0.25, -0.2) is 4.98 Å². The molecule has 1 aromatic carbocycles. The minimum atomic E-state index is -0.195. The van der Waals surface area contributed by atoms with Crippen molar-refractivity contribution in [1.82, 2.24) is 10.3 Å². The summed E-state index contributed by atoms with van der Waals surface area (Å²) in [6.07, 6.45) is 2.90. The molecule has 0 fully saturated rings. The van der Waals surface area contributed by atoms with Gasteiger partial charge in [-0.3, -0.25) is 4.79 Å². The van der Waals surface area contributed by atoms with Gasteiger partial charge in [-0.1, -0.05) is 23.7 Å². The Bertz CT molecular complexity index is 633. The van der Waals surface area contributed by atoms with Gasteiger partial charge in [-0.05, 0) is 36.1 Å². The van der Waals surface area contributed by atoms with Crippen molar-refractivity contribution >= 4 is 40.6 Å². The molecule has 3 N–H and O–H groups in total. The minimum Gasteiger partial charge on any atom is -0.347 e. The van der Waals surface area contributed by atoms with E-state index in [0.717, 1.165) is 22.7 Å². The Morgan fingerprint density at radius 3 is 3.09 bits per heavy atom. The van der Waals surface area contributed by atoms with E-state index in [1.54, 1.807) is 23.2 Å². The second kappa shape index (κ2) is 8.53. The highest BCUT2D eigenvalue weighted by Crippen LogP contribution is 2.20. The van der Waals surface area contributed by atoms with E-state index in [9.17, 15) is 4.79 Å². The number of nitrogens with one attached hydrogen (secondary N) is 1. The summed E-state index contributed by atoms with van der Waals surface area (Å²) in [6, 6.07) is 7.29. The number of rotatable bonds is 7. The maximum Gasteiger partial charge on any atom is 0.271 e. The lowest BCUT2D eigenvalue weighted by molar-refractivity contribution is 0.0946. The molecule has 22 heavy (non-hydrogen) atoms. The lowest BCUT2D eigenvalue weighted by atomic mass is 10.2. The zero-order chi connectivity index (χ0) is 15.9. The monoisotopic (exact) mass is 355 g/mol. The summed E-state index contributed by atoms with van der Waals surface area (Å²) in [6.45, 7) is 0.421. The predicted octanol–water partition coefficient (Wildman–Crippen LogP) is 3.48. The predicted molar refractivity (Wildman–Crippen MR) is 94.7 cm³/mol. The first-order valence-corrected chi connectivity index (χ1v) is 9.48. The Balaban J connectivity index is 1.91. The zero-order valence-electron chi connectivity index (χ0n) is 12.2. The van der Waals surface area contributed by atoms with Crippen molar-refractivity contribution in [2.45, 2.75) is 19.0 Å². The number of nitrogens with zero attached hydrogens (tertiary/aromatic N) is 1. The fourth-order valence-electron chi connectivity index (χ4n) is 1.85. The summed E-state index contributed by atoms with van der Waals surface area (Å²) >= 11 is 9.10. The van der Waals surface area contributed by atoms with Gasteiger partial charge in [-0.2, -0.15) is 11.8 Å². The van der Waals surface area contributed by atoms with Crippen molar-refractivity contribution in [3.63, 3.8) is 0 Å². The molecule has 2 aromatic rings. The minimum absolute atomic E-state index is 0.105. The number of benzene rings is 1. The molecule has 0 spiro atoms. The summed E-state index contributed by atoms with van der Waals surface area (Å²) in [5, 5.41) is 6.05. The average Bonchev–Trinajstić information content (AvgIpc) is 3.00. The van der Waals surface area contributed by atoms with E-state index in [-0.39, 0.29) is 11.9 Å². The molecule has 0 aliphatic rings. The Kier molecular flexibility index (Phi) is 6.70. The number of halogens is 1. The van der Waals surface area contributed by atoms with Crippen LogP contribution in [0.5, 0.6) is 0 Å². The van der Waals surface area contributed by atoms with Crippen LogP contribution in [-0.2, 0) is 6.54 Å². The van der Waals surface area contributed by atoms with E-state index < -0.39 is 0 Å². The first-order chi connectivity index (χ1) is 10.6. The maximum absolute atomic E-state index is 12.1. The van der Waals surface area contributed by atoms with Crippen LogP contribution in [0.15, 0.2) is 29.6 Å². The third-order valence-corrected chi connectivity index (χ3v) is 4.90. The molecule has 0 saturated carbocycles. The molecule has 1 unspecified atom stereocenters. The normalized spacial score (nSPS) is 12.1. The summed E-state index contributed by atoms with van der Waals surface area (Å²) < 4.78 is 0. The van der Waals surface area contributed by atoms with E-state index in [2.05, 4.69) is 10.3 Å². The largest absolute Gasteiger partial charge is 0.347 e. The van der Waals surface area contributed by atoms with Crippen LogP contribution in [0, 0.1) is 0 Å². The van der Waals surface area contributed by atoms with Crippen LogP contribution in [0.4, 0.5) is 0 Å². The molecular formula is C15H18ClN3OS2. The van der Waals surface area contributed by atoms with Crippen molar-refractivity contribution in [2.24, 2.45) is 5.73 Å². The van der Waals surface area contributed by atoms with Crippen LogP contribution in [0.2, 0.25) is 5.02 Å². The molecule has 0 aliphatic carbocycles. The summed E-state index contributed by atoms with van der Waals surface area (Å²) in [4.78, 5) is 16.4. The number of thioether (sulfide) groups is 1. The SMILES string of the molecule is CSCCC(N)c1nc(C(=O)NCc2cccc(Cl)c2)cs1. The van der Waals surface area contributed by atoms with E-state index >= 15 is 0 Å². The van der Waals surface area contributed by atoms with E-state index in [1.165, 1.54) is 11.3 Å². The van der Waals surface area contributed by atoms with E-state index in [0.29, 0.717) is 17.3 Å². The molecule has 1 heterocycles. The van der Waals surface area contributed by atoms with Crippen LogP contribution >= 0.6 is 34.7 Å². The van der Waals surface area contributed by atoms with Crippen molar-refractivity contribution in [2.75, 3.05) is 12.0 Å². The quantitative estimate of drug-likeness (QED) is 0.797. The van der Waals surface area contributed by atoms with Gasteiger partial charge in [0, 0.05) is 16.9 Å². The standard InChI is InChI=1S/C15H18ClN3OS2/c1-21-6-5-12(17)15-19-13(9-22-15)14(20)18-8-10-3-2-4-11(16)7-10/h2-4,7,9,12H,5-6,8,17H2,1H3,(H,18,20). The van der Waals surface area contributed by atoms with Gasteiger partial charge >= 0.3 is 0 Å². The Morgan fingerprint density at radius 1 is 1.55 bits per heavy atom. The van der Waals surface area contributed by atoms with Gasteiger partial charge in [0.2, 0.25) is 0 Å². The third-order valence-electron chi connectivity index (χ3n) is 3.05. The van der Waals surface area contributed by atoms with Crippen molar-refractivity contribution in [3.05, 3.63) is 50.9 Å². The maximum atomic E-state index is 12.1. The van der Waals surface area contributed by atoms with Gasteiger partial charge in [0.15, 0.2) is 0 Å². The zero-order valence-corrected chi connectivity index (χ0v) is 14.6. The lowest BCUT2D eigenvalue weighted by Crippen LogP contribution is -2.23. The van der Waals surface area contributed by atoms with Gasteiger partial charge < -0.3 is 11.1 Å². The number of hydrogen-bond donors (Lipinski definition) is 2. The average molecular weight is 356 g/mol. The smallest absolute Gasteiger partial charge is 0.271 e. The molecule has 0 radical (unpaired) electrons. The molecule has 1 aromatic heterocycles. The molecule has 7 heteroatoms. The van der Waals surface area contributed by atoms with Crippen LogP contribution in [0.25, 0.3) is 0 Å². The molecular weight excluding hydrogens is 338 g/mol. The summed E-state index contributed by atoms with van der Waals surface area (Å²) in [5.41, 5.74) is 7.43. The topological polar surface area (TPSA) is 68.0 Å². The fraction of sp³-hybridized carbons (Fsp3) is 0.333. The third kappa shape index (κ3) is 4.98. The second-order valence-electron chi connectivity index (χ2n) is 4.77. The van der Waals surface area contributed by atoms with Crippen molar-refractivity contribution in [3.8, 4) is 0 Å². The first-order valence-electron chi connectivity index (χ1n) is 6.82. The van der Waals surface area contributed by atoms with Gasteiger partial charge in [-0.15, -0.1) is 11.3 Å². The molecule has 0 aliphatic heterocycles. The number of hydrogen-bond acceptors (Lipinski definition) is 5. The number of carbonyl (C=O) groups is 1. The Morgan fingerprint density at radius 2 is 2.36 bits per heavy atom. The van der Waals surface area contributed by atoms with Crippen molar-refractivity contribution < 1.29 is 4.79 Å². The van der Waals surface area contributed by atoms with Crippen LogP contribution in [0.3, 0.4) is 0 Å². The van der Waals surface area contributed by atoms with Crippen molar-refractivity contribution in [1.29, 1.82) is 0 Å². The number of thiazole rings is 1. The molecule has 4 nitrogen and oxygen atoms in total. The lowest BCUT2D eigenvalue weighted by Gasteiger charge is -2.06. The number of nitrogens with two attached hydrogens (primary N) is 1. The van der Waals surface area contributed by atoms with E-state index in [1.807, 2.05) is 24.5 Å². The molecule has 1 amide bonds. The highest BCUT2D eigenvalue weighted by Gasteiger charge is 2.14. The van der Waals surface area contributed by atoms with Gasteiger partial charge in [0.05, 0.1) is 6.04 Å². The summed E-state index contributed by atoms with van der Waals surface area (Å²) in [7, 11) is 0. The highest BCUT2D eigenvalue weighted by molar-refractivity contribution is 7.98. The Labute approximate surface area is 143 Å². The van der Waals surface area contributed by atoms with Crippen LogP contribution in [-0.4, -0.2) is 22.9 Å². The highest BCUT2D eigenvalue weighted by atomic mass is 35.5. The van der Waals surface area contributed by atoms with E-state index in [4.69, 9.17) is 17.3 Å². The molecule has 0 bridgehead atoms. The molecule has 1 atom stereocenters. The molecule has 0 saturated heterocycles. The number of aromatic nitrogens is 1. The van der Waals surface area contributed by atoms with Gasteiger partial charge in [0.25, 0.3) is 5.91 Å². The Hall–Kier alpha value is -1.08. The summed E-state index contributed by atoms with van der Waals surface area (Å²) in [5.74, 6) is 0.788. The number of amides is 1. The fourth-order valence-corrected chi connectivity index (χ4v) is 3.39. The van der Waals surface area contributed by atoms with Crippen LogP contribution in [0.1, 0.15) is 33.5 Å².